The van der Waals surface area contributed by atoms with E-state index in [0.29, 0.717) is 18.4 Å². The van der Waals surface area contributed by atoms with Crippen LogP contribution in [0, 0.1) is 6.92 Å². The standard InChI is InChI=1S/C14H24N4O/c1-5-19-12-9-11(2)16-13(17-12)15-10-14(18(3)4)7-6-8-14/h9H,5-8,10H2,1-4H3,(H,15,16,17). The monoisotopic (exact) mass is 264 g/mol. The summed E-state index contributed by atoms with van der Waals surface area (Å²) in [5.41, 5.74) is 1.19. The third-order valence-corrected chi connectivity index (χ3v) is 3.93. The van der Waals surface area contributed by atoms with Gasteiger partial charge in [-0.25, -0.2) is 4.98 Å². The molecule has 5 heteroatoms. The van der Waals surface area contributed by atoms with Crippen molar-refractivity contribution in [2.45, 2.75) is 38.6 Å². The van der Waals surface area contributed by atoms with Gasteiger partial charge in [0.05, 0.1) is 6.61 Å². The molecule has 1 aromatic heterocycles. The first kappa shape index (κ1) is 14.1. The van der Waals surface area contributed by atoms with Crippen molar-refractivity contribution >= 4 is 5.95 Å². The number of ether oxygens (including phenoxy) is 1. The Morgan fingerprint density at radius 2 is 2.11 bits per heavy atom. The van der Waals surface area contributed by atoms with Crippen molar-refractivity contribution < 1.29 is 4.74 Å². The lowest BCUT2D eigenvalue weighted by molar-refractivity contribution is 0.0737. The lowest BCUT2D eigenvalue weighted by atomic mass is 9.75. The van der Waals surface area contributed by atoms with Gasteiger partial charge < -0.3 is 15.0 Å². The van der Waals surface area contributed by atoms with E-state index in [0.717, 1.165) is 12.2 Å². The molecule has 1 N–H and O–H groups in total. The molecule has 0 aromatic carbocycles. The van der Waals surface area contributed by atoms with E-state index < -0.39 is 0 Å². The van der Waals surface area contributed by atoms with Crippen LogP contribution in [0.1, 0.15) is 31.9 Å². The summed E-state index contributed by atoms with van der Waals surface area (Å²) in [7, 11) is 4.28. The number of anilines is 1. The van der Waals surface area contributed by atoms with Crippen LogP contribution in [0.4, 0.5) is 5.95 Å². The van der Waals surface area contributed by atoms with E-state index >= 15 is 0 Å². The average Bonchev–Trinajstić information content (AvgIpc) is 2.26. The third kappa shape index (κ3) is 3.15. The minimum Gasteiger partial charge on any atom is -0.478 e. The largest absolute Gasteiger partial charge is 0.478 e. The fourth-order valence-electron chi connectivity index (χ4n) is 2.45. The van der Waals surface area contributed by atoms with Crippen molar-refractivity contribution in [3.8, 4) is 5.88 Å². The second-order valence-corrected chi connectivity index (χ2v) is 5.43. The van der Waals surface area contributed by atoms with Crippen LogP contribution < -0.4 is 10.1 Å². The molecule has 0 radical (unpaired) electrons. The van der Waals surface area contributed by atoms with Gasteiger partial charge in [0.2, 0.25) is 11.8 Å². The average molecular weight is 264 g/mol. The molecule has 0 atom stereocenters. The highest BCUT2D eigenvalue weighted by atomic mass is 16.5. The predicted octanol–water partition coefficient (Wildman–Crippen LogP) is 2.08. The van der Waals surface area contributed by atoms with Crippen molar-refractivity contribution in [3.05, 3.63) is 11.8 Å². The van der Waals surface area contributed by atoms with E-state index in [1.54, 1.807) is 0 Å². The Morgan fingerprint density at radius 1 is 1.37 bits per heavy atom. The molecule has 1 aromatic rings. The molecule has 0 bridgehead atoms. The maximum absolute atomic E-state index is 5.45. The molecule has 1 aliphatic carbocycles. The van der Waals surface area contributed by atoms with Gasteiger partial charge in [0.1, 0.15) is 0 Å². The fraction of sp³-hybridized carbons (Fsp3) is 0.714. The van der Waals surface area contributed by atoms with Crippen LogP contribution in [-0.2, 0) is 0 Å². The Hall–Kier alpha value is -1.36. The van der Waals surface area contributed by atoms with E-state index in [-0.39, 0.29) is 5.54 Å². The third-order valence-electron chi connectivity index (χ3n) is 3.93. The minimum absolute atomic E-state index is 0.263. The van der Waals surface area contributed by atoms with Gasteiger partial charge in [0.25, 0.3) is 0 Å². The summed E-state index contributed by atoms with van der Waals surface area (Å²) in [4.78, 5) is 11.1. The molecule has 0 unspecified atom stereocenters. The number of nitrogens with zero attached hydrogens (tertiary/aromatic N) is 3. The highest BCUT2D eigenvalue weighted by molar-refractivity contribution is 5.31. The molecule has 1 fully saturated rings. The van der Waals surface area contributed by atoms with Crippen LogP contribution in [0.3, 0.4) is 0 Å². The molecule has 5 nitrogen and oxygen atoms in total. The first-order valence-electron chi connectivity index (χ1n) is 6.95. The first-order chi connectivity index (χ1) is 9.05. The van der Waals surface area contributed by atoms with Crippen molar-refractivity contribution in [2.75, 3.05) is 32.6 Å². The molecule has 0 aliphatic heterocycles. The first-order valence-corrected chi connectivity index (χ1v) is 6.95. The second kappa shape index (κ2) is 5.74. The van der Waals surface area contributed by atoms with Gasteiger partial charge in [-0.3, -0.25) is 0 Å². The minimum atomic E-state index is 0.263. The summed E-state index contributed by atoms with van der Waals surface area (Å²) in [6, 6.07) is 1.86. The van der Waals surface area contributed by atoms with Crippen molar-refractivity contribution in [2.24, 2.45) is 0 Å². The summed E-state index contributed by atoms with van der Waals surface area (Å²) in [6.45, 7) is 5.42. The van der Waals surface area contributed by atoms with Crippen molar-refractivity contribution in [1.29, 1.82) is 0 Å². The molecule has 1 heterocycles. The number of nitrogens with one attached hydrogen (secondary N) is 1. The summed E-state index contributed by atoms with van der Waals surface area (Å²) in [5, 5.41) is 3.36. The maximum atomic E-state index is 5.45. The Labute approximate surface area is 115 Å². The highest BCUT2D eigenvalue weighted by Crippen LogP contribution is 2.36. The van der Waals surface area contributed by atoms with Gasteiger partial charge in [0, 0.05) is 23.8 Å². The van der Waals surface area contributed by atoms with Gasteiger partial charge in [-0.05, 0) is 47.2 Å². The summed E-state index contributed by atoms with van der Waals surface area (Å²) >= 11 is 0. The topological polar surface area (TPSA) is 50.3 Å². The number of aryl methyl sites for hydroxylation is 1. The van der Waals surface area contributed by atoms with E-state index in [4.69, 9.17) is 4.74 Å². The van der Waals surface area contributed by atoms with Gasteiger partial charge in [-0.15, -0.1) is 0 Å². The quantitative estimate of drug-likeness (QED) is 0.852. The molecule has 0 spiro atoms. The van der Waals surface area contributed by atoms with Crippen molar-refractivity contribution in [1.82, 2.24) is 14.9 Å². The van der Waals surface area contributed by atoms with Crippen molar-refractivity contribution in [3.63, 3.8) is 0 Å². The Morgan fingerprint density at radius 3 is 2.63 bits per heavy atom. The van der Waals surface area contributed by atoms with Gasteiger partial charge in [0.15, 0.2) is 0 Å². The molecular formula is C14H24N4O. The van der Waals surface area contributed by atoms with E-state index in [9.17, 15) is 0 Å². The zero-order valence-electron chi connectivity index (χ0n) is 12.4. The normalized spacial score (nSPS) is 17.1. The molecule has 1 saturated carbocycles. The predicted molar refractivity (Wildman–Crippen MR) is 76.7 cm³/mol. The van der Waals surface area contributed by atoms with E-state index in [1.807, 2.05) is 19.9 Å². The number of hydrogen-bond donors (Lipinski definition) is 1. The molecule has 2 rings (SSSR count). The van der Waals surface area contributed by atoms with Crippen LogP contribution in [-0.4, -0.2) is 47.7 Å². The fourth-order valence-corrected chi connectivity index (χ4v) is 2.45. The van der Waals surface area contributed by atoms with Crippen LogP contribution in [0.5, 0.6) is 5.88 Å². The number of aromatic nitrogens is 2. The van der Waals surface area contributed by atoms with Gasteiger partial charge in [-0.2, -0.15) is 4.98 Å². The zero-order chi connectivity index (χ0) is 13.9. The summed E-state index contributed by atoms with van der Waals surface area (Å²) in [5.74, 6) is 1.31. The molecule has 0 amide bonds. The van der Waals surface area contributed by atoms with E-state index in [2.05, 4.69) is 34.3 Å². The molecule has 1 aliphatic rings. The summed E-state index contributed by atoms with van der Waals surface area (Å²) in [6.07, 6.45) is 3.77. The Kier molecular flexibility index (Phi) is 4.24. The van der Waals surface area contributed by atoms with Crippen LogP contribution in [0.2, 0.25) is 0 Å². The lowest BCUT2D eigenvalue weighted by Gasteiger charge is -2.47. The summed E-state index contributed by atoms with van der Waals surface area (Å²) < 4.78 is 5.45. The van der Waals surface area contributed by atoms with Crippen LogP contribution in [0.15, 0.2) is 6.07 Å². The zero-order valence-corrected chi connectivity index (χ0v) is 12.4. The molecule has 19 heavy (non-hydrogen) atoms. The molecular weight excluding hydrogens is 240 g/mol. The van der Waals surface area contributed by atoms with Crippen LogP contribution in [0.25, 0.3) is 0 Å². The maximum Gasteiger partial charge on any atom is 0.226 e. The Bertz CT molecular complexity index is 429. The second-order valence-electron chi connectivity index (χ2n) is 5.43. The Balaban J connectivity index is 2.02. The van der Waals surface area contributed by atoms with Gasteiger partial charge >= 0.3 is 0 Å². The van der Waals surface area contributed by atoms with Gasteiger partial charge in [-0.1, -0.05) is 0 Å². The number of likely N-dealkylation sites (N-methyl/N-ethyl adjacent to an activating group) is 1. The SMILES string of the molecule is CCOc1cc(C)nc(NCC2(N(C)C)CCC2)n1. The molecule has 106 valence electrons. The van der Waals surface area contributed by atoms with Crippen LogP contribution >= 0.6 is 0 Å². The van der Waals surface area contributed by atoms with E-state index in [1.165, 1.54) is 19.3 Å². The number of rotatable bonds is 6. The lowest BCUT2D eigenvalue weighted by Crippen LogP contribution is -2.54. The smallest absolute Gasteiger partial charge is 0.226 e. The molecule has 0 saturated heterocycles. The highest BCUT2D eigenvalue weighted by Gasteiger charge is 2.38. The number of hydrogen-bond acceptors (Lipinski definition) is 5.